The smallest absolute Gasteiger partial charge is 0.0837 e. The van der Waals surface area contributed by atoms with Crippen LogP contribution in [0, 0.1) is 0 Å². The van der Waals surface area contributed by atoms with Crippen LogP contribution < -0.4 is 10.5 Å². The minimum atomic E-state index is 1.02. The molecule has 0 bridgehead atoms. The van der Waals surface area contributed by atoms with E-state index in [0.29, 0.717) is 0 Å². The number of anilines is 1. The zero-order valence-corrected chi connectivity index (χ0v) is 7.34. The van der Waals surface area contributed by atoms with Gasteiger partial charge in [-0.2, -0.15) is 5.12 Å². The maximum absolute atomic E-state index is 5.09. The van der Waals surface area contributed by atoms with Crippen molar-refractivity contribution in [2.75, 3.05) is 12.2 Å². The van der Waals surface area contributed by atoms with Crippen molar-refractivity contribution in [1.82, 2.24) is 10.6 Å². The second-order valence-corrected chi connectivity index (χ2v) is 2.58. The molecule has 1 aliphatic rings. The molecule has 0 spiro atoms. The van der Waals surface area contributed by atoms with Gasteiger partial charge in [-0.15, -0.1) is 5.17 Å². The minimum absolute atomic E-state index is 1.02. The van der Waals surface area contributed by atoms with Gasteiger partial charge in [-0.05, 0) is 12.1 Å². The lowest BCUT2D eigenvalue weighted by molar-refractivity contribution is -0.0952. The van der Waals surface area contributed by atoms with E-state index in [0.717, 1.165) is 5.69 Å². The molecule has 0 unspecified atom stereocenters. The predicted octanol–water partition coefficient (Wildman–Crippen LogP) is 1.26. The molecule has 1 heterocycles. The normalized spacial score (nSPS) is 14.8. The summed E-state index contributed by atoms with van der Waals surface area (Å²) in [5, 5.41) is 3.40. The molecule has 4 heteroatoms. The fourth-order valence-electron chi connectivity index (χ4n) is 1.19. The van der Waals surface area contributed by atoms with Crippen LogP contribution in [0.15, 0.2) is 42.7 Å². The molecule has 0 aliphatic carbocycles. The highest BCUT2D eigenvalue weighted by molar-refractivity contribution is 5.44. The first-order chi connectivity index (χ1) is 6.42. The predicted molar refractivity (Wildman–Crippen MR) is 50.0 cm³/mol. The first-order valence-corrected chi connectivity index (χ1v) is 4.03. The molecule has 0 amide bonds. The summed E-state index contributed by atoms with van der Waals surface area (Å²) in [6.45, 7) is 0. The molecule has 2 rings (SSSR count). The van der Waals surface area contributed by atoms with Crippen LogP contribution in [0.25, 0.3) is 0 Å². The van der Waals surface area contributed by atoms with Gasteiger partial charge in [-0.3, -0.25) is 10.3 Å². The monoisotopic (exact) mass is 177 g/mol. The van der Waals surface area contributed by atoms with Gasteiger partial charge >= 0.3 is 0 Å². The molecule has 0 atom stereocenters. The van der Waals surface area contributed by atoms with E-state index in [9.17, 15) is 0 Å². The second-order valence-electron chi connectivity index (χ2n) is 2.58. The Kier molecular flexibility index (Phi) is 2.06. The number of hydrogen-bond acceptors (Lipinski definition) is 4. The third-order valence-electron chi connectivity index (χ3n) is 1.78. The molecule has 0 saturated carbocycles. The summed E-state index contributed by atoms with van der Waals surface area (Å²) >= 11 is 0. The van der Waals surface area contributed by atoms with Crippen molar-refractivity contribution in [3.05, 3.63) is 42.7 Å². The van der Waals surface area contributed by atoms with E-state index in [1.54, 1.807) is 29.8 Å². The number of hydrogen-bond donors (Lipinski definition) is 1. The number of para-hydroxylation sites is 1. The Morgan fingerprint density at radius 3 is 2.69 bits per heavy atom. The Bertz CT molecular complexity index is 299. The number of rotatable bonds is 2. The Morgan fingerprint density at radius 1 is 1.23 bits per heavy atom. The first-order valence-electron chi connectivity index (χ1n) is 4.03. The van der Waals surface area contributed by atoms with Crippen LogP contribution in [0.5, 0.6) is 0 Å². The van der Waals surface area contributed by atoms with Crippen LogP contribution >= 0.6 is 0 Å². The molecule has 4 nitrogen and oxygen atoms in total. The highest BCUT2D eigenvalue weighted by atomic mass is 16.7. The van der Waals surface area contributed by atoms with Crippen molar-refractivity contribution in [3.8, 4) is 0 Å². The summed E-state index contributed by atoms with van der Waals surface area (Å²) in [7, 11) is 1.62. The summed E-state index contributed by atoms with van der Waals surface area (Å²) < 4.78 is 0. The minimum Gasteiger partial charge on any atom is -0.283 e. The van der Waals surface area contributed by atoms with Crippen LogP contribution in [0.4, 0.5) is 5.69 Å². The van der Waals surface area contributed by atoms with Crippen LogP contribution in [-0.2, 0) is 4.84 Å². The van der Waals surface area contributed by atoms with E-state index >= 15 is 0 Å². The lowest BCUT2D eigenvalue weighted by atomic mass is 10.3. The lowest BCUT2D eigenvalue weighted by Crippen LogP contribution is -2.40. The highest BCUT2D eigenvalue weighted by Crippen LogP contribution is 2.16. The molecular weight excluding hydrogens is 166 g/mol. The van der Waals surface area contributed by atoms with E-state index in [4.69, 9.17) is 4.84 Å². The van der Waals surface area contributed by atoms with Crippen LogP contribution in [-0.4, -0.2) is 12.3 Å². The third kappa shape index (κ3) is 1.43. The van der Waals surface area contributed by atoms with E-state index in [1.807, 2.05) is 30.3 Å². The van der Waals surface area contributed by atoms with Gasteiger partial charge in [0.2, 0.25) is 0 Å². The molecule has 1 aromatic carbocycles. The second kappa shape index (κ2) is 3.37. The van der Waals surface area contributed by atoms with E-state index in [2.05, 4.69) is 5.43 Å². The lowest BCUT2D eigenvalue weighted by Gasteiger charge is -2.27. The van der Waals surface area contributed by atoms with Gasteiger partial charge in [0.15, 0.2) is 0 Å². The number of benzene rings is 1. The van der Waals surface area contributed by atoms with Crippen molar-refractivity contribution in [1.29, 1.82) is 0 Å². The first kappa shape index (κ1) is 7.94. The van der Waals surface area contributed by atoms with Gasteiger partial charge in [0.05, 0.1) is 19.0 Å². The molecule has 1 aliphatic heterocycles. The molecule has 0 saturated heterocycles. The number of hydroxylamine groups is 1. The molecule has 0 fully saturated rings. The van der Waals surface area contributed by atoms with Crippen molar-refractivity contribution in [2.24, 2.45) is 0 Å². The van der Waals surface area contributed by atoms with Crippen molar-refractivity contribution in [2.45, 2.75) is 0 Å². The Hall–Kier alpha value is -1.68. The van der Waals surface area contributed by atoms with Crippen LogP contribution in [0.3, 0.4) is 0 Å². The van der Waals surface area contributed by atoms with Gasteiger partial charge in [-0.25, -0.2) is 0 Å². The fourth-order valence-corrected chi connectivity index (χ4v) is 1.19. The zero-order chi connectivity index (χ0) is 9.10. The van der Waals surface area contributed by atoms with Gasteiger partial charge in [-0.1, -0.05) is 18.2 Å². The van der Waals surface area contributed by atoms with E-state index in [1.165, 1.54) is 0 Å². The largest absolute Gasteiger partial charge is 0.283 e. The van der Waals surface area contributed by atoms with E-state index < -0.39 is 0 Å². The number of hydrazine groups is 2. The summed E-state index contributed by atoms with van der Waals surface area (Å²) in [5.41, 5.74) is 4.05. The van der Waals surface area contributed by atoms with Crippen molar-refractivity contribution < 1.29 is 4.84 Å². The molecule has 68 valence electrons. The summed E-state index contributed by atoms with van der Waals surface area (Å²) in [4.78, 5) is 5.09. The molecule has 1 aromatic rings. The van der Waals surface area contributed by atoms with Gasteiger partial charge in [0.25, 0.3) is 0 Å². The van der Waals surface area contributed by atoms with Gasteiger partial charge < -0.3 is 0 Å². The summed E-state index contributed by atoms with van der Waals surface area (Å²) in [6.07, 6.45) is 3.60. The Balaban J connectivity index is 2.18. The molecular formula is C9H11N3O. The van der Waals surface area contributed by atoms with Crippen molar-refractivity contribution >= 4 is 5.69 Å². The highest BCUT2D eigenvalue weighted by Gasteiger charge is 2.15. The zero-order valence-electron chi connectivity index (χ0n) is 7.34. The Morgan fingerprint density at radius 2 is 2.00 bits per heavy atom. The van der Waals surface area contributed by atoms with E-state index in [-0.39, 0.29) is 0 Å². The SMILES string of the molecule is CON1C=CNN1c1ccccc1. The molecule has 0 aromatic heterocycles. The molecule has 13 heavy (non-hydrogen) atoms. The van der Waals surface area contributed by atoms with Crippen molar-refractivity contribution in [3.63, 3.8) is 0 Å². The van der Waals surface area contributed by atoms with Gasteiger partial charge in [0.1, 0.15) is 0 Å². The number of nitrogens with one attached hydrogen (secondary N) is 1. The number of nitrogens with zero attached hydrogens (tertiary/aromatic N) is 2. The third-order valence-corrected chi connectivity index (χ3v) is 1.78. The molecule has 0 radical (unpaired) electrons. The average molecular weight is 177 g/mol. The molecule has 1 N–H and O–H groups in total. The topological polar surface area (TPSA) is 27.7 Å². The average Bonchev–Trinajstić information content (AvgIpc) is 2.67. The maximum Gasteiger partial charge on any atom is 0.0837 e. The van der Waals surface area contributed by atoms with Crippen LogP contribution in [0.1, 0.15) is 0 Å². The maximum atomic E-state index is 5.09. The Labute approximate surface area is 76.9 Å². The summed E-state index contributed by atoms with van der Waals surface area (Å²) in [5.74, 6) is 0. The quantitative estimate of drug-likeness (QED) is 0.736. The fraction of sp³-hybridized carbons (Fsp3) is 0.111. The van der Waals surface area contributed by atoms with Crippen LogP contribution in [0.2, 0.25) is 0 Å². The standard InChI is InChI=1S/C9H11N3O/c1-13-11-8-7-10-12(11)9-5-3-2-4-6-9/h2-8,10H,1H3. The summed E-state index contributed by atoms with van der Waals surface area (Å²) in [6, 6.07) is 9.91. The van der Waals surface area contributed by atoms with Gasteiger partial charge in [0, 0.05) is 6.20 Å².